The van der Waals surface area contributed by atoms with Gasteiger partial charge < -0.3 is 9.47 Å². The van der Waals surface area contributed by atoms with E-state index < -0.39 is 14.9 Å². The van der Waals surface area contributed by atoms with Gasteiger partial charge in [-0.2, -0.15) is 4.31 Å². The summed E-state index contributed by atoms with van der Waals surface area (Å²) in [4.78, 5) is 12.9. The van der Waals surface area contributed by atoms with Crippen LogP contribution in [0.4, 0.5) is 11.4 Å². The number of benzene rings is 1. The summed E-state index contributed by atoms with van der Waals surface area (Å²) >= 11 is 0. The van der Waals surface area contributed by atoms with Crippen molar-refractivity contribution in [2.45, 2.75) is 55.4 Å². The molecule has 166 valence electrons. The monoisotopic (exact) mass is 446 g/mol. The molecular weight excluding hydrogens is 420 g/mol. The molecule has 1 aromatic heterocycles. The number of non-ortho nitro benzene ring substituents is 1. The molecule has 0 N–H and O–H groups in total. The minimum Gasteiger partial charge on any atom is -0.370 e. The summed E-state index contributed by atoms with van der Waals surface area (Å²) in [6.07, 6.45) is 7.55. The van der Waals surface area contributed by atoms with Crippen LogP contribution in [0, 0.1) is 10.1 Å². The Morgan fingerprint density at radius 1 is 1.06 bits per heavy atom. The Morgan fingerprint density at radius 2 is 1.84 bits per heavy atom. The van der Waals surface area contributed by atoms with E-state index in [0.29, 0.717) is 37.9 Å². The predicted octanol–water partition coefficient (Wildman–Crippen LogP) is 2.69. The molecule has 1 aromatic carbocycles. The third-order valence-corrected chi connectivity index (χ3v) is 8.43. The Bertz CT molecular complexity index is 1090. The van der Waals surface area contributed by atoms with Gasteiger partial charge in [-0.1, -0.05) is 0 Å². The number of hydrogen-bond donors (Lipinski definition) is 0. The maximum atomic E-state index is 13.4. The number of nitro groups is 1. The van der Waals surface area contributed by atoms with E-state index in [1.807, 2.05) is 4.90 Å². The molecule has 1 aliphatic carbocycles. The van der Waals surface area contributed by atoms with Crippen molar-refractivity contribution < 1.29 is 13.3 Å². The Morgan fingerprint density at radius 3 is 2.55 bits per heavy atom. The minimum atomic E-state index is -3.80. The zero-order chi connectivity index (χ0) is 21.6. The van der Waals surface area contributed by atoms with E-state index in [4.69, 9.17) is 0 Å². The number of nitro benzene ring substituents is 1. The predicted molar refractivity (Wildman–Crippen MR) is 114 cm³/mol. The zero-order valence-corrected chi connectivity index (χ0v) is 18.1. The maximum Gasteiger partial charge on any atom is 0.270 e. The maximum absolute atomic E-state index is 13.4. The third-order valence-electron chi connectivity index (χ3n) is 6.51. The standard InChI is InChI=1S/C20H26N6O4S/c27-26(28)17-7-8-18(19(12-17)31(29,30)24-10-1-2-11-24)23-9-3-4-15(13-23)20-22-21-14-25(20)16-5-6-16/h7-8,12,14-16H,1-6,9-11,13H2. The molecule has 1 saturated carbocycles. The molecule has 2 saturated heterocycles. The van der Waals surface area contributed by atoms with E-state index in [2.05, 4.69) is 14.8 Å². The number of rotatable bonds is 6. The van der Waals surface area contributed by atoms with Crippen LogP contribution in [-0.4, -0.2) is 58.6 Å². The summed E-state index contributed by atoms with van der Waals surface area (Å²) in [5.41, 5.74) is 0.336. The Kier molecular flexibility index (Phi) is 5.17. The first kappa shape index (κ1) is 20.4. The summed E-state index contributed by atoms with van der Waals surface area (Å²) in [6, 6.07) is 4.69. The summed E-state index contributed by atoms with van der Waals surface area (Å²) in [5, 5.41) is 19.9. The van der Waals surface area contributed by atoms with E-state index in [1.54, 1.807) is 12.4 Å². The number of aromatic nitrogens is 3. The average Bonchev–Trinajstić information content (AvgIpc) is 3.26. The van der Waals surface area contributed by atoms with E-state index in [0.717, 1.165) is 44.3 Å². The average molecular weight is 447 g/mol. The summed E-state index contributed by atoms with van der Waals surface area (Å²) in [7, 11) is -3.80. The van der Waals surface area contributed by atoms with Crippen molar-refractivity contribution in [3.05, 3.63) is 40.5 Å². The van der Waals surface area contributed by atoms with Gasteiger partial charge in [0.2, 0.25) is 10.0 Å². The van der Waals surface area contributed by atoms with Gasteiger partial charge in [0, 0.05) is 50.3 Å². The van der Waals surface area contributed by atoms with Gasteiger partial charge in [-0.3, -0.25) is 10.1 Å². The molecule has 3 heterocycles. The van der Waals surface area contributed by atoms with Gasteiger partial charge in [0.1, 0.15) is 17.0 Å². The van der Waals surface area contributed by atoms with Crippen LogP contribution in [0.15, 0.2) is 29.4 Å². The highest BCUT2D eigenvalue weighted by Crippen LogP contribution is 2.40. The molecule has 10 nitrogen and oxygen atoms in total. The molecule has 0 bridgehead atoms. The molecule has 0 amide bonds. The Labute approximate surface area is 181 Å². The molecule has 3 aliphatic rings. The van der Waals surface area contributed by atoms with Crippen LogP contribution in [0.3, 0.4) is 0 Å². The summed E-state index contributed by atoms with van der Waals surface area (Å²) in [5.74, 6) is 1.10. The number of hydrogen-bond acceptors (Lipinski definition) is 7. The number of anilines is 1. The molecule has 1 unspecified atom stereocenters. The largest absolute Gasteiger partial charge is 0.370 e. The zero-order valence-electron chi connectivity index (χ0n) is 17.3. The second kappa shape index (κ2) is 7.86. The Hall–Kier alpha value is -2.53. The lowest BCUT2D eigenvalue weighted by Gasteiger charge is -2.35. The fourth-order valence-corrected chi connectivity index (χ4v) is 6.48. The quantitative estimate of drug-likeness (QED) is 0.495. The highest BCUT2D eigenvalue weighted by Gasteiger charge is 2.35. The number of piperidine rings is 1. The first-order valence-electron chi connectivity index (χ1n) is 10.9. The van der Waals surface area contributed by atoms with Crippen molar-refractivity contribution in [1.82, 2.24) is 19.1 Å². The van der Waals surface area contributed by atoms with E-state index >= 15 is 0 Å². The minimum absolute atomic E-state index is 0.0351. The van der Waals surface area contributed by atoms with Gasteiger partial charge in [-0.05, 0) is 44.6 Å². The second-order valence-electron chi connectivity index (χ2n) is 8.63. The molecule has 2 aliphatic heterocycles. The molecular formula is C20H26N6O4S. The van der Waals surface area contributed by atoms with Crippen molar-refractivity contribution in [2.75, 3.05) is 31.1 Å². The van der Waals surface area contributed by atoms with Crippen molar-refractivity contribution in [3.8, 4) is 0 Å². The van der Waals surface area contributed by atoms with Gasteiger partial charge in [-0.15, -0.1) is 10.2 Å². The lowest BCUT2D eigenvalue weighted by atomic mass is 9.96. The first-order chi connectivity index (χ1) is 14.9. The van der Waals surface area contributed by atoms with E-state index in [9.17, 15) is 18.5 Å². The van der Waals surface area contributed by atoms with Crippen molar-refractivity contribution in [3.63, 3.8) is 0 Å². The fourth-order valence-electron chi connectivity index (χ4n) is 4.74. The van der Waals surface area contributed by atoms with Gasteiger partial charge >= 0.3 is 0 Å². The molecule has 5 rings (SSSR count). The van der Waals surface area contributed by atoms with Gasteiger partial charge in [-0.25, -0.2) is 8.42 Å². The summed E-state index contributed by atoms with van der Waals surface area (Å²) in [6.45, 7) is 2.23. The van der Waals surface area contributed by atoms with Crippen LogP contribution >= 0.6 is 0 Å². The molecule has 3 fully saturated rings. The number of sulfonamides is 1. The van der Waals surface area contributed by atoms with E-state index in [-0.39, 0.29) is 16.5 Å². The van der Waals surface area contributed by atoms with Crippen LogP contribution < -0.4 is 4.90 Å². The van der Waals surface area contributed by atoms with Crippen molar-refractivity contribution in [1.29, 1.82) is 0 Å². The van der Waals surface area contributed by atoms with Crippen LogP contribution in [0.5, 0.6) is 0 Å². The SMILES string of the molecule is O=[N+]([O-])c1ccc(N2CCCC(c3nncn3C3CC3)C2)c(S(=O)(=O)N2CCCC2)c1. The third kappa shape index (κ3) is 3.80. The molecule has 11 heteroatoms. The van der Waals surface area contributed by atoms with Crippen LogP contribution in [0.1, 0.15) is 56.3 Å². The molecule has 2 aromatic rings. The van der Waals surface area contributed by atoms with E-state index in [1.165, 1.54) is 16.4 Å². The fraction of sp³-hybridized carbons (Fsp3) is 0.600. The first-order valence-corrected chi connectivity index (χ1v) is 12.3. The van der Waals surface area contributed by atoms with Gasteiger partial charge in [0.25, 0.3) is 5.69 Å². The van der Waals surface area contributed by atoms with Gasteiger partial charge in [0.15, 0.2) is 0 Å². The highest BCUT2D eigenvalue weighted by atomic mass is 32.2. The topological polar surface area (TPSA) is 114 Å². The smallest absolute Gasteiger partial charge is 0.270 e. The molecule has 1 atom stereocenters. The van der Waals surface area contributed by atoms with Crippen LogP contribution in [-0.2, 0) is 10.0 Å². The van der Waals surface area contributed by atoms with Crippen LogP contribution in [0.2, 0.25) is 0 Å². The second-order valence-corrected chi connectivity index (χ2v) is 10.5. The molecule has 31 heavy (non-hydrogen) atoms. The number of nitrogens with zero attached hydrogens (tertiary/aromatic N) is 6. The highest BCUT2D eigenvalue weighted by molar-refractivity contribution is 7.89. The lowest BCUT2D eigenvalue weighted by molar-refractivity contribution is -0.385. The van der Waals surface area contributed by atoms with Crippen molar-refractivity contribution in [2.24, 2.45) is 0 Å². The normalized spacial score (nSPS) is 22.7. The Balaban J connectivity index is 1.50. The van der Waals surface area contributed by atoms with Crippen molar-refractivity contribution >= 4 is 21.4 Å². The summed E-state index contributed by atoms with van der Waals surface area (Å²) < 4.78 is 30.4. The van der Waals surface area contributed by atoms with Crippen LogP contribution in [0.25, 0.3) is 0 Å². The molecule has 0 spiro atoms. The molecule has 0 radical (unpaired) electrons. The lowest BCUT2D eigenvalue weighted by Crippen LogP contribution is -2.37. The van der Waals surface area contributed by atoms with Gasteiger partial charge in [0.05, 0.1) is 10.6 Å².